The Balaban J connectivity index is 1.99. The van der Waals surface area contributed by atoms with Gasteiger partial charge < -0.3 is 15.2 Å². The topological polar surface area (TPSA) is 101 Å². The summed E-state index contributed by atoms with van der Waals surface area (Å²) in [5.74, 6) is -0.944. The van der Waals surface area contributed by atoms with Crippen molar-refractivity contribution < 1.29 is 19.4 Å². The third-order valence-corrected chi connectivity index (χ3v) is 3.93. The zero-order chi connectivity index (χ0) is 15.3. The van der Waals surface area contributed by atoms with E-state index in [0.717, 1.165) is 19.3 Å². The van der Waals surface area contributed by atoms with E-state index >= 15 is 0 Å². The first-order valence-electron chi connectivity index (χ1n) is 6.97. The van der Waals surface area contributed by atoms with E-state index in [0.29, 0.717) is 18.7 Å². The van der Waals surface area contributed by atoms with Gasteiger partial charge in [-0.2, -0.15) is 0 Å². The van der Waals surface area contributed by atoms with Crippen molar-refractivity contribution in [3.63, 3.8) is 0 Å². The van der Waals surface area contributed by atoms with Gasteiger partial charge in [0.05, 0.1) is 12.5 Å². The lowest BCUT2D eigenvalue weighted by molar-refractivity contribution is -0.150. The number of aliphatic carboxylic acids is 1. The van der Waals surface area contributed by atoms with E-state index in [1.165, 1.54) is 19.2 Å². The summed E-state index contributed by atoms with van der Waals surface area (Å²) >= 11 is 0. The molecule has 0 spiro atoms. The molecule has 0 saturated heterocycles. The van der Waals surface area contributed by atoms with Crippen molar-refractivity contribution in [2.45, 2.75) is 32.1 Å². The normalized spacial score (nSPS) is 17.0. The molecule has 0 aliphatic heterocycles. The average molecular weight is 293 g/mol. The summed E-state index contributed by atoms with van der Waals surface area (Å²) in [6, 6.07) is 3.03. The molecule has 2 N–H and O–H groups in total. The van der Waals surface area contributed by atoms with Gasteiger partial charge in [0.2, 0.25) is 5.88 Å². The van der Waals surface area contributed by atoms with Crippen molar-refractivity contribution in [2.75, 3.05) is 13.7 Å². The molecule has 1 aromatic heterocycles. The van der Waals surface area contributed by atoms with Crippen molar-refractivity contribution in [1.82, 2.24) is 15.5 Å². The van der Waals surface area contributed by atoms with Crippen LogP contribution in [-0.4, -0.2) is 40.8 Å². The largest absolute Gasteiger partial charge is 0.481 e. The molecule has 1 aliphatic rings. The molecule has 21 heavy (non-hydrogen) atoms. The molecular weight excluding hydrogens is 274 g/mol. The molecule has 1 saturated carbocycles. The van der Waals surface area contributed by atoms with Gasteiger partial charge in [-0.25, -0.2) is 0 Å². The molecule has 7 heteroatoms. The summed E-state index contributed by atoms with van der Waals surface area (Å²) in [5.41, 5.74) is -0.708. The zero-order valence-corrected chi connectivity index (χ0v) is 12.0. The maximum atomic E-state index is 12.0. The highest BCUT2D eigenvalue weighted by Crippen LogP contribution is 2.36. The highest BCUT2D eigenvalue weighted by molar-refractivity contribution is 5.92. The van der Waals surface area contributed by atoms with Crippen molar-refractivity contribution in [3.8, 4) is 5.88 Å². The van der Waals surface area contributed by atoms with Crippen LogP contribution in [0.4, 0.5) is 0 Å². The first-order valence-corrected chi connectivity index (χ1v) is 6.97. The quantitative estimate of drug-likeness (QED) is 0.847. The number of hydrogen-bond acceptors (Lipinski definition) is 5. The zero-order valence-electron chi connectivity index (χ0n) is 12.0. The minimum absolute atomic E-state index is 0.120. The molecule has 0 atom stereocenters. The molecule has 1 amide bonds. The first-order chi connectivity index (χ1) is 10.1. The molecular formula is C14H19N3O4. The van der Waals surface area contributed by atoms with Crippen LogP contribution in [0.15, 0.2) is 12.1 Å². The molecule has 1 heterocycles. The minimum Gasteiger partial charge on any atom is -0.481 e. The maximum absolute atomic E-state index is 12.0. The Bertz CT molecular complexity index is 509. The van der Waals surface area contributed by atoms with Crippen LogP contribution in [0.25, 0.3) is 0 Å². The van der Waals surface area contributed by atoms with Crippen LogP contribution < -0.4 is 10.1 Å². The van der Waals surface area contributed by atoms with Crippen molar-refractivity contribution in [2.24, 2.45) is 5.41 Å². The second-order valence-electron chi connectivity index (χ2n) is 5.29. The number of nitrogens with zero attached hydrogens (tertiary/aromatic N) is 2. The Morgan fingerprint density at radius 2 is 2.00 bits per heavy atom. The van der Waals surface area contributed by atoms with E-state index in [1.807, 2.05) is 0 Å². The molecule has 2 rings (SSSR count). The van der Waals surface area contributed by atoms with Crippen molar-refractivity contribution in [1.29, 1.82) is 0 Å². The van der Waals surface area contributed by atoms with Gasteiger partial charge in [0.15, 0.2) is 5.69 Å². The molecule has 0 radical (unpaired) electrons. The first kappa shape index (κ1) is 15.2. The number of hydrogen-bond donors (Lipinski definition) is 2. The van der Waals surface area contributed by atoms with Crippen LogP contribution in [0.3, 0.4) is 0 Å². The fourth-order valence-electron chi connectivity index (χ4n) is 2.58. The van der Waals surface area contributed by atoms with Gasteiger partial charge in [-0.3, -0.25) is 9.59 Å². The predicted molar refractivity (Wildman–Crippen MR) is 74.1 cm³/mol. The van der Waals surface area contributed by atoms with Gasteiger partial charge in [0.1, 0.15) is 0 Å². The van der Waals surface area contributed by atoms with Crippen LogP contribution in [0, 0.1) is 5.41 Å². The van der Waals surface area contributed by atoms with E-state index in [-0.39, 0.29) is 12.2 Å². The minimum atomic E-state index is -0.853. The van der Waals surface area contributed by atoms with Crippen LogP contribution in [0.1, 0.15) is 42.6 Å². The standard InChI is InChI=1S/C14H19N3O4/c1-21-11-6-5-10(16-17-11)12(18)15-9-14(13(19)20)7-3-2-4-8-14/h5-6H,2-4,7-9H2,1H3,(H,15,18)(H,19,20). The van der Waals surface area contributed by atoms with Gasteiger partial charge in [0, 0.05) is 12.6 Å². The molecule has 0 bridgehead atoms. The average Bonchev–Trinajstić information content (AvgIpc) is 2.53. The third-order valence-electron chi connectivity index (χ3n) is 3.93. The Morgan fingerprint density at radius 1 is 1.29 bits per heavy atom. The highest BCUT2D eigenvalue weighted by Gasteiger charge is 2.39. The third kappa shape index (κ3) is 3.48. The van der Waals surface area contributed by atoms with Crippen LogP contribution >= 0.6 is 0 Å². The van der Waals surface area contributed by atoms with Crippen molar-refractivity contribution >= 4 is 11.9 Å². The fraction of sp³-hybridized carbons (Fsp3) is 0.571. The fourth-order valence-corrected chi connectivity index (χ4v) is 2.58. The van der Waals surface area contributed by atoms with Crippen LogP contribution in [0.2, 0.25) is 0 Å². The van der Waals surface area contributed by atoms with E-state index in [9.17, 15) is 14.7 Å². The molecule has 0 aromatic carbocycles. The van der Waals surface area contributed by atoms with Crippen molar-refractivity contribution in [3.05, 3.63) is 17.8 Å². The second-order valence-corrected chi connectivity index (χ2v) is 5.29. The number of carboxylic acids is 1. The van der Waals surface area contributed by atoms with Gasteiger partial charge in [-0.05, 0) is 18.9 Å². The van der Waals surface area contributed by atoms with Gasteiger partial charge in [-0.1, -0.05) is 19.3 Å². The summed E-state index contributed by atoms with van der Waals surface area (Å²) in [6.45, 7) is 0.120. The van der Waals surface area contributed by atoms with Crippen LogP contribution in [0.5, 0.6) is 5.88 Å². The molecule has 114 valence electrons. The number of ether oxygens (including phenoxy) is 1. The van der Waals surface area contributed by atoms with E-state index in [2.05, 4.69) is 15.5 Å². The number of carbonyl (C=O) groups excluding carboxylic acids is 1. The molecule has 1 fully saturated rings. The van der Waals surface area contributed by atoms with E-state index < -0.39 is 17.3 Å². The number of methoxy groups -OCH3 is 1. The lowest BCUT2D eigenvalue weighted by atomic mass is 9.74. The Labute approximate surface area is 122 Å². The molecule has 1 aliphatic carbocycles. The summed E-state index contributed by atoms with van der Waals surface area (Å²) in [7, 11) is 1.46. The van der Waals surface area contributed by atoms with Gasteiger partial charge in [0.25, 0.3) is 5.91 Å². The van der Waals surface area contributed by atoms with Crippen LogP contribution in [-0.2, 0) is 4.79 Å². The number of carbonyl (C=O) groups is 2. The number of amides is 1. The molecule has 1 aromatic rings. The smallest absolute Gasteiger partial charge is 0.311 e. The lowest BCUT2D eigenvalue weighted by Gasteiger charge is -2.33. The summed E-state index contributed by atoms with van der Waals surface area (Å²) in [5, 5.41) is 19.6. The maximum Gasteiger partial charge on any atom is 0.311 e. The monoisotopic (exact) mass is 293 g/mol. The van der Waals surface area contributed by atoms with E-state index in [4.69, 9.17) is 4.74 Å². The lowest BCUT2D eigenvalue weighted by Crippen LogP contribution is -2.44. The van der Waals surface area contributed by atoms with Gasteiger partial charge in [-0.15, -0.1) is 10.2 Å². The second kappa shape index (κ2) is 6.51. The Kier molecular flexibility index (Phi) is 4.72. The number of carboxylic acid groups (broad SMARTS) is 1. The summed E-state index contributed by atoms with van der Waals surface area (Å²) in [4.78, 5) is 23.5. The number of aromatic nitrogens is 2. The SMILES string of the molecule is COc1ccc(C(=O)NCC2(C(=O)O)CCCCC2)nn1. The highest BCUT2D eigenvalue weighted by atomic mass is 16.5. The molecule has 0 unspecified atom stereocenters. The summed E-state index contributed by atoms with van der Waals surface area (Å²) < 4.78 is 4.87. The summed E-state index contributed by atoms with van der Waals surface area (Å²) in [6.07, 6.45) is 4.00. The number of rotatable bonds is 5. The molecule has 7 nitrogen and oxygen atoms in total. The Hall–Kier alpha value is -2.18. The van der Waals surface area contributed by atoms with E-state index in [1.54, 1.807) is 0 Å². The predicted octanol–water partition coefficient (Wildman–Crippen LogP) is 1.25. The Morgan fingerprint density at radius 3 is 2.52 bits per heavy atom. The van der Waals surface area contributed by atoms with Gasteiger partial charge >= 0.3 is 5.97 Å². The number of nitrogens with one attached hydrogen (secondary N) is 1.